The van der Waals surface area contributed by atoms with Crippen molar-refractivity contribution in [1.82, 2.24) is 4.98 Å². The Labute approximate surface area is 118 Å². The zero-order chi connectivity index (χ0) is 13.6. The molecule has 0 aromatic carbocycles. The lowest BCUT2D eigenvalue weighted by Crippen LogP contribution is -2.26. The maximum Gasteiger partial charge on any atom is 0.229 e. The van der Waals surface area contributed by atoms with E-state index >= 15 is 0 Å². The highest BCUT2D eigenvalue weighted by atomic mass is 32.1. The van der Waals surface area contributed by atoms with Crippen LogP contribution in [0.15, 0.2) is 0 Å². The van der Waals surface area contributed by atoms with Crippen LogP contribution in [0, 0.1) is 17.3 Å². The molecular weight excluding hydrogens is 256 g/mol. The summed E-state index contributed by atoms with van der Waals surface area (Å²) in [6.07, 6.45) is 5.49. The Bertz CT molecular complexity index is 497. The molecule has 4 heteroatoms. The Balaban J connectivity index is 1.71. The summed E-state index contributed by atoms with van der Waals surface area (Å²) in [6, 6.07) is 0. The van der Waals surface area contributed by atoms with Crippen molar-refractivity contribution in [3.05, 3.63) is 10.6 Å². The molecule has 0 spiro atoms. The van der Waals surface area contributed by atoms with Crippen molar-refractivity contribution in [2.45, 2.75) is 52.9 Å². The van der Waals surface area contributed by atoms with Gasteiger partial charge in [0.15, 0.2) is 5.13 Å². The first-order chi connectivity index (χ1) is 8.93. The van der Waals surface area contributed by atoms with Crippen LogP contribution in [0.5, 0.6) is 0 Å². The van der Waals surface area contributed by atoms with Gasteiger partial charge in [-0.15, -0.1) is 11.3 Å². The molecule has 1 saturated carbocycles. The summed E-state index contributed by atoms with van der Waals surface area (Å²) in [5.41, 5.74) is 1.58. The number of thiazole rings is 1. The van der Waals surface area contributed by atoms with Crippen molar-refractivity contribution in [2.75, 3.05) is 5.32 Å². The number of aryl methyl sites for hydroxylation is 1. The highest BCUT2D eigenvalue weighted by Gasteiger charge is 2.32. The second kappa shape index (κ2) is 4.58. The van der Waals surface area contributed by atoms with E-state index in [9.17, 15) is 4.79 Å². The van der Waals surface area contributed by atoms with E-state index in [0.29, 0.717) is 5.41 Å². The maximum absolute atomic E-state index is 11.8. The van der Waals surface area contributed by atoms with Gasteiger partial charge in [0.1, 0.15) is 0 Å². The molecule has 0 bridgehead atoms. The van der Waals surface area contributed by atoms with Crippen molar-refractivity contribution in [3.63, 3.8) is 0 Å². The lowest BCUT2D eigenvalue weighted by molar-refractivity contribution is -0.117. The van der Waals surface area contributed by atoms with Crippen molar-refractivity contribution >= 4 is 22.4 Å². The highest BCUT2D eigenvalue weighted by Crippen LogP contribution is 2.40. The fraction of sp³-hybridized carbons (Fsp3) is 0.733. The average Bonchev–Trinajstić information content (AvgIpc) is 3.08. The van der Waals surface area contributed by atoms with Crippen LogP contribution in [-0.2, 0) is 17.6 Å². The molecular formula is C15H22N2OS. The molecule has 3 nitrogen and oxygen atoms in total. The molecule has 0 aliphatic heterocycles. The van der Waals surface area contributed by atoms with E-state index in [0.717, 1.165) is 36.7 Å². The highest BCUT2D eigenvalue weighted by molar-refractivity contribution is 7.15. The van der Waals surface area contributed by atoms with Crippen molar-refractivity contribution in [3.8, 4) is 0 Å². The summed E-state index contributed by atoms with van der Waals surface area (Å²) in [5, 5.41) is 3.80. The summed E-state index contributed by atoms with van der Waals surface area (Å²) in [6.45, 7) is 6.96. The monoisotopic (exact) mass is 278 g/mol. The second-order valence-corrected chi connectivity index (χ2v) is 8.04. The van der Waals surface area contributed by atoms with Gasteiger partial charge in [-0.2, -0.15) is 0 Å². The van der Waals surface area contributed by atoms with Crippen LogP contribution in [0.3, 0.4) is 0 Å². The Kier molecular flexibility index (Phi) is 3.16. The lowest BCUT2D eigenvalue weighted by atomic mass is 9.73. The van der Waals surface area contributed by atoms with E-state index in [2.05, 4.69) is 31.1 Å². The number of anilines is 1. The summed E-state index contributed by atoms with van der Waals surface area (Å²) in [4.78, 5) is 17.8. The topological polar surface area (TPSA) is 42.0 Å². The van der Waals surface area contributed by atoms with Gasteiger partial charge in [0, 0.05) is 10.8 Å². The first-order valence-corrected chi connectivity index (χ1v) is 8.04. The summed E-state index contributed by atoms with van der Waals surface area (Å²) >= 11 is 1.69. The SMILES string of the molecule is CC(C)(C)C1CCc2nc(NC(=O)C3CC3)sc2C1. The molecule has 3 rings (SSSR count). The standard InChI is InChI=1S/C15H22N2OS/c1-15(2,3)10-6-7-11-12(8-10)19-14(16-11)17-13(18)9-4-5-9/h9-10H,4-8H2,1-3H3,(H,16,17,18). The van der Waals surface area contributed by atoms with Crippen LogP contribution in [0.1, 0.15) is 50.6 Å². The number of nitrogens with one attached hydrogen (secondary N) is 1. The van der Waals surface area contributed by atoms with Gasteiger partial charge >= 0.3 is 0 Å². The molecule has 1 aromatic heterocycles. The number of rotatable bonds is 2. The van der Waals surface area contributed by atoms with E-state index in [-0.39, 0.29) is 11.8 Å². The molecule has 1 N–H and O–H groups in total. The van der Waals surface area contributed by atoms with Crippen molar-refractivity contribution in [1.29, 1.82) is 0 Å². The van der Waals surface area contributed by atoms with Crippen LogP contribution >= 0.6 is 11.3 Å². The third-order valence-electron chi connectivity index (χ3n) is 4.34. The summed E-state index contributed by atoms with van der Waals surface area (Å²) < 4.78 is 0. The number of nitrogens with zero attached hydrogens (tertiary/aromatic N) is 1. The average molecular weight is 278 g/mol. The molecule has 0 radical (unpaired) electrons. The normalized spacial score (nSPS) is 23.0. The zero-order valence-electron chi connectivity index (χ0n) is 12.0. The van der Waals surface area contributed by atoms with Crippen LogP contribution in [0.2, 0.25) is 0 Å². The number of fused-ring (bicyclic) bond motifs is 1. The molecule has 1 unspecified atom stereocenters. The fourth-order valence-electron chi connectivity index (χ4n) is 2.72. The van der Waals surface area contributed by atoms with Crippen LogP contribution in [0.4, 0.5) is 5.13 Å². The van der Waals surface area contributed by atoms with Gasteiger partial charge in [-0.25, -0.2) is 4.98 Å². The lowest BCUT2D eigenvalue weighted by Gasteiger charge is -2.33. The van der Waals surface area contributed by atoms with Gasteiger partial charge in [-0.05, 0) is 43.4 Å². The molecule has 2 aliphatic carbocycles. The predicted molar refractivity (Wildman–Crippen MR) is 78.4 cm³/mol. The maximum atomic E-state index is 11.8. The quantitative estimate of drug-likeness (QED) is 0.897. The third kappa shape index (κ3) is 2.83. The Morgan fingerprint density at radius 3 is 2.68 bits per heavy atom. The van der Waals surface area contributed by atoms with E-state index in [1.54, 1.807) is 11.3 Å². The number of hydrogen-bond donors (Lipinski definition) is 1. The first-order valence-electron chi connectivity index (χ1n) is 7.23. The summed E-state index contributed by atoms with van der Waals surface area (Å²) in [7, 11) is 0. The van der Waals surface area contributed by atoms with Crippen LogP contribution < -0.4 is 5.32 Å². The molecule has 1 fully saturated rings. The van der Waals surface area contributed by atoms with E-state index < -0.39 is 0 Å². The molecule has 2 aliphatic rings. The molecule has 0 saturated heterocycles. The van der Waals surface area contributed by atoms with Gasteiger partial charge in [-0.1, -0.05) is 20.8 Å². The van der Waals surface area contributed by atoms with Gasteiger partial charge in [0.05, 0.1) is 5.69 Å². The number of hydrogen-bond acceptors (Lipinski definition) is 3. The smallest absolute Gasteiger partial charge is 0.229 e. The van der Waals surface area contributed by atoms with Crippen LogP contribution in [-0.4, -0.2) is 10.9 Å². The fourth-order valence-corrected chi connectivity index (χ4v) is 3.81. The largest absolute Gasteiger partial charge is 0.302 e. The first kappa shape index (κ1) is 13.1. The zero-order valence-corrected chi connectivity index (χ0v) is 12.8. The minimum atomic E-state index is 0.165. The Morgan fingerprint density at radius 1 is 1.32 bits per heavy atom. The second-order valence-electron chi connectivity index (χ2n) is 6.96. The van der Waals surface area contributed by atoms with Crippen molar-refractivity contribution < 1.29 is 4.79 Å². The molecule has 1 atom stereocenters. The molecule has 1 heterocycles. The van der Waals surface area contributed by atoms with Gasteiger partial charge in [-0.3, -0.25) is 4.79 Å². The van der Waals surface area contributed by atoms with Gasteiger partial charge in [0.25, 0.3) is 0 Å². The van der Waals surface area contributed by atoms with E-state index in [1.807, 2.05) is 0 Å². The Hall–Kier alpha value is -0.900. The number of aromatic nitrogens is 1. The minimum absolute atomic E-state index is 0.165. The van der Waals surface area contributed by atoms with Gasteiger partial charge in [0.2, 0.25) is 5.91 Å². The van der Waals surface area contributed by atoms with E-state index in [1.165, 1.54) is 17.0 Å². The molecule has 19 heavy (non-hydrogen) atoms. The predicted octanol–water partition coefficient (Wildman–Crippen LogP) is 3.64. The Morgan fingerprint density at radius 2 is 2.05 bits per heavy atom. The number of carbonyl (C=O) groups excluding carboxylic acids is 1. The molecule has 104 valence electrons. The minimum Gasteiger partial charge on any atom is -0.302 e. The summed E-state index contributed by atoms with van der Waals surface area (Å²) in [5.74, 6) is 1.15. The van der Waals surface area contributed by atoms with Gasteiger partial charge < -0.3 is 5.32 Å². The van der Waals surface area contributed by atoms with E-state index in [4.69, 9.17) is 0 Å². The third-order valence-corrected chi connectivity index (χ3v) is 5.38. The van der Waals surface area contributed by atoms with Crippen LogP contribution in [0.25, 0.3) is 0 Å². The number of amides is 1. The molecule has 1 aromatic rings. The van der Waals surface area contributed by atoms with Crippen molar-refractivity contribution in [2.24, 2.45) is 17.3 Å². The molecule has 1 amide bonds. The number of carbonyl (C=O) groups is 1.